The Kier molecular flexibility index (Phi) is 10.2. The molecule has 0 saturated carbocycles. The first-order valence-electron chi connectivity index (χ1n) is 9.84. The van der Waals surface area contributed by atoms with E-state index in [1.807, 2.05) is 13.0 Å². The Morgan fingerprint density at radius 2 is 2.07 bits per heavy atom. The second kappa shape index (κ2) is 12.3. The molecule has 1 fully saturated rings. The van der Waals surface area contributed by atoms with Crippen LogP contribution in [0.2, 0.25) is 0 Å². The Bertz CT molecular complexity index is 766. The van der Waals surface area contributed by atoms with Gasteiger partial charge >= 0.3 is 0 Å². The first-order chi connectivity index (χ1) is 13.7. The van der Waals surface area contributed by atoms with Crippen molar-refractivity contribution in [1.29, 1.82) is 0 Å². The van der Waals surface area contributed by atoms with E-state index in [1.54, 1.807) is 24.5 Å². The molecule has 1 saturated heterocycles. The second-order valence-electron chi connectivity index (χ2n) is 6.78. The molecule has 8 heteroatoms. The molecule has 160 valence electrons. The summed E-state index contributed by atoms with van der Waals surface area (Å²) in [6, 6.07) is 9.71. The van der Waals surface area contributed by atoms with Crippen LogP contribution in [0, 0.1) is 5.82 Å². The van der Waals surface area contributed by atoms with Gasteiger partial charge in [0.1, 0.15) is 0 Å². The molecule has 0 bridgehead atoms. The summed E-state index contributed by atoms with van der Waals surface area (Å²) in [6.45, 7) is 5.86. The van der Waals surface area contributed by atoms with Crippen LogP contribution in [0.3, 0.4) is 0 Å². The average Bonchev–Trinajstić information content (AvgIpc) is 3.41. The van der Waals surface area contributed by atoms with Crippen LogP contribution in [-0.2, 0) is 6.54 Å². The molecule has 1 aromatic heterocycles. The van der Waals surface area contributed by atoms with Crippen LogP contribution >= 0.6 is 35.3 Å². The maximum atomic E-state index is 14.0. The minimum absolute atomic E-state index is 0. The highest BCUT2D eigenvalue weighted by molar-refractivity contribution is 14.0. The van der Waals surface area contributed by atoms with Crippen molar-refractivity contribution >= 4 is 41.3 Å². The lowest BCUT2D eigenvalue weighted by atomic mass is 10.2. The highest BCUT2D eigenvalue weighted by atomic mass is 127. The number of aliphatic imine (C=N–C) groups is 1. The summed E-state index contributed by atoms with van der Waals surface area (Å²) in [7, 11) is 1.75. The Balaban J connectivity index is 0.00000300. The van der Waals surface area contributed by atoms with Crippen LogP contribution in [-0.4, -0.2) is 44.1 Å². The SMILES string of the molecule is CCOc1ccc(CNC(=NC)NCC(c2cccs2)N2CCCC2)cc1F.I. The van der Waals surface area contributed by atoms with E-state index in [0.717, 1.165) is 31.2 Å². The molecule has 1 aliphatic rings. The van der Waals surface area contributed by atoms with Gasteiger partial charge in [0.05, 0.1) is 12.6 Å². The van der Waals surface area contributed by atoms with E-state index >= 15 is 0 Å². The van der Waals surface area contributed by atoms with Gasteiger partial charge in [-0.25, -0.2) is 4.39 Å². The zero-order valence-corrected chi connectivity index (χ0v) is 20.1. The van der Waals surface area contributed by atoms with Crippen LogP contribution in [0.25, 0.3) is 0 Å². The number of hydrogen-bond acceptors (Lipinski definition) is 4. The quantitative estimate of drug-likeness (QED) is 0.301. The maximum absolute atomic E-state index is 14.0. The lowest BCUT2D eigenvalue weighted by Crippen LogP contribution is -2.42. The van der Waals surface area contributed by atoms with Crippen LogP contribution in [0.4, 0.5) is 4.39 Å². The molecule has 1 atom stereocenters. The maximum Gasteiger partial charge on any atom is 0.191 e. The number of nitrogens with zero attached hydrogens (tertiary/aromatic N) is 2. The molecule has 0 radical (unpaired) electrons. The van der Waals surface area contributed by atoms with E-state index in [-0.39, 0.29) is 35.5 Å². The van der Waals surface area contributed by atoms with Crippen molar-refractivity contribution < 1.29 is 9.13 Å². The normalized spacial score (nSPS) is 15.6. The van der Waals surface area contributed by atoms with Crippen LogP contribution in [0.15, 0.2) is 40.7 Å². The monoisotopic (exact) mass is 532 g/mol. The number of nitrogens with one attached hydrogen (secondary N) is 2. The molecule has 3 rings (SSSR count). The Labute approximate surface area is 193 Å². The highest BCUT2D eigenvalue weighted by Gasteiger charge is 2.24. The largest absolute Gasteiger partial charge is 0.491 e. The van der Waals surface area contributed by atoms with Gasteiger partial charge in [-0.15, -0.1) is 35.3 Å². The van der Waals surface area contributed by atoms with Crippen molar-refractivity contribution in [3.63, 3.8) is 0 Å². The predicted molar refractivity (Wildman–Crippen MR) is 129 cm³/mol. The zero-order valence-electron chi connectivity index (χ0n) is 17.0. The van der Waals surface area contributed by atoms with Gasteiger partial charge in [-0.2, -0.15) is 0 Å². The summed E-state index contributed by atoms with van der Waals surface area (Å²) in [6.07, 6.45) is 2.52. The molecule has 5 nitrogen and oxygen atoms in total. The molecule has 0 spiro atoms. The smallest absolute Gasteiger partial charge is 0.191 e. The van der Waals surface area contributed by atoms with Gasteiger partial charge in [-0.3, -0.25) is 9.89 Å². The molecular formula is C21H30FIN4OS. The Morgan fingerprint density at radius 3 is 2.69 bits per heavy atom. The number of benzene rings is 1. The van der Waals surface area contributed by atoms with Gasteiger partial charge in [-0.1, -0.05) is 12.1 Å². The first-order valence-corrected chi connectivity index (χ1v) is 10.7. The van der Waals surface area contributed by atoms with Gasteiger partial charge in [0.2, 0.25) is 0 Å². The molecular weight excluding hydrogens is 502 g/mol. The van der Waals surface area contributed by atoms with Crippen LogP contribution < -0.4 is 15.4 Å². The number of guanidine groups is 1. The third-order valence-corrected chi connectivity index (χ3v) is 5.87. The van der Waals surface area contributed by atoms with Crippen LogP contribution in [0.5, 0.6) is 5.75 Å². The lowest BCUT2D eigenvalue weighted by Gasteiger charge is -2.27. The van der Waals surface area contributed by atoms with Gasteiger partial charge in [0.25, 0.3) is 0 Å². The second-order valence-corrected chi connectivity index (χ2v) is 7.76. The number of rotatable bonds is 8. The summed E-state index contributed by atoms with van der Waals surface area (Å²) in [4.78, 5) is 8.22. The van der Waals surface area contributed by atoms with E-state index in [4.69, 9.17) is 4.74 Å². The number of halogens is 2. The topological polar surface area (TPSA) is 48.9 Å². The molecule has 0 aliphatic carbocycles. The Morgan fingerprint density at radius 1 is 1.28 bits per heavy atom. The third kappa shape index (κ3) is 6.82. The van der Waals surface area contributed by atoms with E-state index in [1.165, 1.54) is 23.8 Å². The van der Waals surface area contributed by atoms with E-state index in [9.17, 15) is 4.39 Å². The van der Waals surface area contributed by atoms with Crippen molar-refractivity contribution in [2.24, 2.45) is 4.99 Å². The lowest BCUT2D eigenvalue weighted by molar-refractivity contribution is 0.249. The fourth-order valence-corrected chi connectivity index (χ4v) is 4.33. The third-order valence-electron chi connectivity index (χ3n) is 4.90. The van der Waals surface area contributed by atoms with Gasteiger partial charge in [0.15, 0.2) is 17.5 Å². The van der Waals surface area contributed by atoms with Crippen LogP contribution in [0.1, 0.15) is 36.2 Å². The number of hydrogen-bond donors (Lipinski definition) is 2. The minimum Gasteiger partial charge on any atom is -0.491 e. The Hall–Kier alpha value is -1.39. The fourth-order valence-electron chi connectivity index (χ4n) is 3.47. The highest BCUT2D eigenvalue weighted by Crippen LogP contribution is 2.27. The van der Waals surface area contributed by atoms with Gasteiger partial charge in [-0.05, 0) is 62.0 Å². The standard InChI is InChI=1S/C21H29FN4OS.HI/c1-3-27-19-9-8-16(13-17(19)22)14-24-21(23-2)25-15-18(20-7-6-12-28-20)26-10-4-5-11-26;/h6-9,12-13,18H,3-5,10-11,14-15H2,1-2H3,(H2,23,24,25);1H. The molecule has 29 heavy (non-hydrogen) atoms. The van der Waals surface area contributed by atoms with E-state index < -0.39 is 0 Å². The molecule has 0 amide bonds. The summed E-state index contributed by atoms with van der Waals surface area (Å²) in [5.74, 6) is 0.670. The molecule has 1 aromatic carbocycles. The molecule has 1 unspecified atom stereocenters. The van der Waals surface area contributed by atoms with Crippen molar-refractivity contribution in [2.45, 2.75) is 32.4 Å². The predicted octanol–water partition coefficient (Wildman–Crippen LogP) is 4.41. The fraction of sp³-hybridized carbons (Fsp3) is 0.476. The number of likely N-dealkylation sites (tertiary alicyclic amines) is 1. The molecule has 2 aromatic rings. The number of thiophene rings is 1. The van der Waals surface area contributed by atoms with Crippen molar-refractivity contribution in [3.8, 4) is 5.75 Å². The minimum atomic E-state index is -0.337. The van der Waals surface area contributed by atoms with Gasteiger partial charge < -0.3 is 15.4 Å². The molecule has 1 aliphatic heterocycles. The number of ether oxygens (including phenoxy) is 1. The molecule has 2 heterocycles. The summed E-state index contributed by atoms with van der Waals surface area (Å²) in [5.41, 5.74) is 0.846. The summed E-state index contributed by atoms with van der Waals surface area (Å²) < 4.78 is 19.3. The zero-order chi connectivity index (χ0) is 19.8. The van der Waals surface area contributed by atoms with E-state index in [2.05, 4.69) is 38.0 Å². The van der Waals surface area contributed by atoms with Crippen molar-refractivity contribution in [2.75, 3.05) is 33.3 Å². The van der Waals surface area contributed by atoms with Crippen molar-refractivity contribution in [3.05, 3.63) is 52.0 Å². The summed E-state index contributed by atoms with van der Waals surface area (Å²) in [5, 5.41) is 8.84. The average molecular weight is 532 g/mol. The van der Waals surface area contributed by atoms with Gasteiger partial charge in [0, 0.05) is 25.0 Å². The first kappa shape index (κ1) is 23.9. The molecule has 2 N–H and O–H groups in total. The summed E-state index contributed by atoms with van der Waals surface area (Å²) >= 11 is 1.80. The van der Waals surface area contributed by atoms with Crippen molar-refractivity contribution in [1.82, 2.24) is 15.5 Å². The van der Waals surface area contributed by atoms with E-state index in [0.29, 0.717) is 19.2 Å².